The van der Waals surface area contributed by atoms with E-state index in [1.165, 1.54) is 0 Å². The van der Waals surface area contributed by atoms with Crippen molar-refractivity contribution in [2.24, 2.45) is 7.05 Å². The van der Waals surface area contributed by atoms with E-state index in [9.17, 15) is 4.79 Å². The van der Waals surface area contributed by atoms with Gasteiger partial charge in [0.15, 0.2) is 0 Å². The van der Waals surface area contributed by atoms with Crippen LogP contribution in [0.5, 0.6) is 5.75 Å². The van der Waals surface area contributed by atoms with Gasteiger partial charge in [-0.25, -0.2) is 0 Å². The third kappa shape index (κ3) is 4.85. The second-order valence-corrected chi connectivity index (χ2v) is 5.90. The van der Waals surface area contributed by atoms with Gasteiger partial charge in [-0.15, -0.1) is 0 Å². The molecular formula is C19H27N3O2. The van der Waals surface area contributed by atoms with Gasteiger partial charge in [-0.05, 0) is 37.1 Å². The van der Waals surface area contributed by atoms with Gasteiger partial charge < -0.3 is 10.1 Å². The van der Waals surface area contributed by atoms with Crippen molar-refractivity contribution in [3.63, 3.8) is 0 Å². The van der Waals surface area contributed by atoms with Crippen LogP contribution < -0.4 is 10.1 Å². The second-order valence-electron chi connectivity index (χ2n) is 5.90. The summed E-state index contributed by atoms with van der Waals surface area (Å²) >= 11 is 0. The van der Waals surface area contributed by atoms with Crippen LogP contribution in [0.4, 0.5) is 5.69 Å². The van der Waals surface area contributed by atoms with Gasteiger partial charge in [-0.2, -0.15) is 5.10 Å². The van der Waals surface area contributed by atoms with E-state index in [0.29, 0.717) is 13.0 Å². The molecule has 0 aliphatic rings. The lowest BCUT2D eigenvalue weighted by atomic mass is 10.1. The molecule has 1 aromatic carbocycles. The van der Waals surface area contributed by atoms with Crippen molar-refractivity contribution >= 4 is 11.6 Å². The van der Waals surface area contributed by atoms with Crippen molar-refractivity contribution in [1.82, 2.24) is 9.78 Å². The van der Waals surface area contributed by atoms with E-state index in [1.807, 2.05) is 36.0 Å². The number of aromatic nitrogens is 2. The molecule has 0 unspecified atom stereocenters. The van der Waals surface area contributed by atoms with E-state index in [2.05, 4.69) is 24.3 Å². The van der Waals surface area contributed by atoms with E-state index in [0.717, 1.165) is 48.4 Å². The molecule has 130 valence electrons. The number of amides is 1. The number of hydrogen-bond acceptors (Lipinski definition) is 3. The Kier molecular flexibility index (Phi) is 6.85. The van der Waals surface area contributed by atoms with Gasteiger partial charge in [0.25, 0.3) is 0 Å². The highest BCUT2D eigenvalue weighted by molar-refractivity contribution is 5.91. The van der Waals surface area contributed by atoms with Crippen LogP contribution in [0.3, 0.4) is 0 Å². The third-order valence-electron chi connectivity index (χ3n) is 3.87. The van der Waals surface area contributed by atoms with Crippen LogP contribution in [0.2, 0.25) is 0 Å². The van der Waals surface area contributed by atoms with Crippen molar-refractivity contribution in [2.45, 2.75) is 46.0 Å². The fraction of sp³-hybridized carbons (Fsp3) is 0.474. The molecule has 1 N–H and O–H groups in total. The first kappa shape index (κ1) is 18.0. The number of carbonyl (C=O) groups excluding carboxylic acids is 1. The van der Waals surface area contributed by atoms with Crippen LogP contribution in [0.1, 0.15) is 46.0 Å². The number of benzene rings is 1. The molecule has 1 amide bonds. The molecule has 2 aromatic rings. The zero-order valence-electron chi connectivity index (χ0n) is 14.8. The Bertz CT molecular complexity index is 664. The molecule has 5 nitrogen and oxygen atoms in total. The van der Waals surface area contributed by atoms with Crippen LogP contribution in [-0.4, -0.2) is 22.3 Å². The smallest absolute Gasteiger partial charge is 0.224 e. The van der Waals surface area contributed by atoms with E-state index in [-0.39, 0.29) is 5.91 Å². The van der Waals surface area contributed by atoms with Gasteiger partial charge in [-0.1, -0.05) is 26.7 Å². The molecule has 0 aliphatic carbocycles. The molecule has 0 spiro atoms. The maximum atomic E-state index is 12.0. The molecule has 1 heterocycles. The summed E-state index contributed by atoms with van der Waals surface area (Å²) in [5, 5.41) is 7.20. The first-order valence-electron chi connectivity index (χ1n) is 8.70. The molecule has 1 aromatic heterocycles. The summed E-state index contributed by atoms with van der Waals surface area (Å²) in [6, 6.07) is 7.73. The maximum Gasteiger partial charge on any atom is 0.224 e. The maximum absolute atomic E-state index is 12.0. The van der Waals surface area contributed by atoms with Crippen molar-refractivity contribution in [1.29, 1.82) is 0 Å². The Labute approximate surface area is 144 Å². The van der Waals surface area contributed by atoms with Gasteiger partial charge >= 0.3 is 0 Å². The SMILES string of the molecule is CCCCOc1ccc(NC(=O)CCCC)cc1-c1ccnn1C. The molecule has 0 atom stereocenters. The summed E-state index contributed by atoms with van der Waals surface area (Å²) in [5.41, 5.74) is 2.70. The number of ether oxygens (including phenoxy) is 1. The van der Waals surface area contributed by atoms with Gasteiger partial charge in [0.1, 0.15) is 5.75 Å². The van der Waals surface area contributed by atoms with E-state index in [1.54, 1.807) is 6.20 Å². The number of rotatable bonds is 9. The lowest BCUT2D eigenvalue weighted by molar-refractivity contribution is -0.116. The second kappa shape index (κ2) is 9.11. The van der Waals surface area contributed by atoms with Crippen molar-refractivity contribution in [2.75, 3.05) is 11.9 Å². The summed E-state index contributed by atoms with van der Waals surface area (Å²) in [7, 11) is 1.90. The minimum Gasteiger partial charge on any atom is -0.493 e. The lowest BCUT2D eigenvalue weighted by Gasteiger charge is -2.14. The number of anilines is 1. The van der Waals surface area contributed by atoms with E-state index < -0.39 is 0 Å². The molecule has 5 heteroatoms. The number of nitrogens with zero attached hydrogens (tertiary/aromatic N) is 2. The van der Waals surface area contributed by atoms with Crippen molar-refractivity contribution in [3.8, 4) is 17.0 Å². The van der Waals surface area contributed by atoms with E-state index in [4.69, 9.17) is 4.74 Å². The number of unbranched alkanes of at least 4 members (excludes halogenated alkanes) is 2. The molecule has 0 fully saturated rings. The fourth-order valence-corrected chi connectivity index (χ4v) is 2.46. The monoisotopic (exact) mass is 329 g/mol. The topological polar surface area (TPSA) is 56.1 Å². The largest absolute Gasteiger partial charge is 0.493 e. The Morgan fingerprint density at radius 3 is 2.67 bits per heavy atom. The average molecular weight is 329 g/mol. The highest BCUT2D eigenvalue weighted by Crippen LogP contribution is 2.32. The number of aryl methyl sites for hydroxylation is 1. The molecule has 24 heavy (non-hydrogen) atoms. The van der Waals surface area contributed by atoms with Gasteiger partial charge in [0.2, 0.25) is 5.91 Å². The number of carbonyl (C=O) groups is 1. The summed E-state index contributed by atoms with van der Waals surface area (Å²) < 4.78 is 7.74. The Morgan fingerprint density at radius 1 is 1.21 bits per heavy atom. The lowest BCUT2D eigenvalue weighted by Crippen LogP contribution is -2.11. The predicted octanol–water partition coefficient (Wildman–Crippen LogP) is 4.39. The molecule has 0 radical (unpaired) electrons. The molecule has 0 bridgehead atoms. The van der Waals surface area contributed by atoms with Crippen LogP contribution in [0, 0.1) is 0 Å². The van der Waals surface area contributed by atoms with Crippen LogP contribution in [0.25, 0.3) is 11.3 Å². The Hall–Kier alpha value is -2.30. The molecular weight excluding hydrogens is 302 g/mol. The van der Waals surface area contributed by atoms with Gasteiger partial charge in [0, 0.05) is 30.9 Å². The number of nitrogens with one attached hydrogen (secondary N) is 1. The summed E-state index contributed by atoms with van der Waals surface area (Å²) in [6.45, 7) is 4.90. The van der Waals surface area contributed by atoms with E-state index >= 15 is 0 Å². The predicted molar refractivity (Wildman–Crippen MR) is 97.2 cm³/mol. The zero-order valence-corrected chi connectivity index (χ0v) is 14.8. The first-order chi connectivity index (χ1) is 11.7. The van der Waals surface area contributed by atoms with Crippen molar-refractivity contribution in [3.05, 3.63) is 30.5 Å². The average Bonchev–Trinajstić information content (AvgIpc) is 3.00. The van der Waals surface area contributed by atoms with Crippen molar-refractivity contribution < 1.29 is 9.53 Å². The van der Waals surface area contributed by atoms with Crippen LogP contribution in [0.15, 0.2) is 30.5 Å². The molecule has 0 saturated carbocycles. The summed E-state index contributed by atoms with van der Waals surface area (Å²) in [5.74, 6) is 0.867. The minimum atomic E-state index is 0.0486. The normalized spacial score (nSPS) is 10.6. The summed E-state index contributed by atoms with van der Waals surface area (Å²) in [6.07, 6.45) is 6.33. The first-order valence-corrected chi connectivity index (χ1v) is 8.70. The third-order valence-corrected chi connectivity index (χ3v) is 3.87. The quantitative estimate of drug-likeness (QED) is 0.694. The zero-order chi connectivity index (χ0) is 17.4. The Balaban J connectivity index is 2.23. The van der Waals surface area contributed by atoms with Gasteiger partial charge in [-0.3, -0.25) is 9.48 Å². The van der Waals surface area contributed by atoms with Crippen LogP contribution in [-0.2, 0) is 11.8 Å². The Morgan fingerprint density at radius 2 is 2.00 bits per heavy atom. The number of hydrogen-bond donors (Lipinski definition) is 1. The minimum absolute atomic E-state index is 0.0486. The van der Waals surface area contributed by atoms with Gasteiger partial charge in [0.05, 0.1) is 12.3 Å². The molecule has 2 rings (SSSR count). The highest BCUT2D eigenvalue weighted by atomic mass is 16.5. The van der Waals surface area contributed by atoms with Crippen LogP contribution >= 0.6 is 0 Å². The molecule has 0 aliphatic heterocycles. The standard InChI is InChI=1S/C19H27N3O2/c1-4-6-8-19(23)21-15-9-10-18(24-13-7-5-2)16(14-15)17-11-12-20-22(17)3/h9-12,14H,4-8,13H2,1-3H3,(H,21,23). The highest BCUT2D eigenvalue weighted by Gasteiger charge is 2.12. The summed E-state index contributed by atoms with van der Waals surface area (Å²) in [4.78, 5) is 12.0. The fourth-order valence-electron chi connectivity index (χ4n) is 2.46. The molecule has 0 saturated heterocycles.